The fourth-order valence-electron chi connectivity index (χ4n) is 3.77. The molecule has 122 valence electrons. The predicted octanol–water partition coefficient (Wildman–Crippen LogP) is 4.14. The largest absolute Gasteiger partial charge is 0.314 e. The van der Waals surface area contributed by atoms with Gasteiger partial charge in [0.25, 0.3) is 0 Å². The lowest BCUT2D eigenvalue weighted by Gasteiger charge is -2.36. The molecular weight excluding hydrogens is 292 g/mol. The van der Waals surface area contributed by atoms with Crippen LogP contribution in [0.2, 0.25) is 0 Å². The van der Waals surface area contributed by atoms with E-state index in [1.807, 2.05) is 0 Å². The summed E-state index contributed by atoms with van der Waals surface area (Å²) in [6.07, 6.45) is 0. The topological polar surface area (TPSA) is 15.3 Å². The van der Waals surface area contributed by atoms with Crippen LogP contribution in [0.3, 0.4) is 0 Å². The number of nitrogens with zero attached hydrogens (tertiary/aromatic N) is 1. The summed E-state index contributed by atoms with van der Waals surface area (Å²) < 4.78 is 0. The van der Waals surface area contributed by atoms with E-state index in [1.54, 1.807) is 0 Å². The maximum atomic E-state index is 3.48. The van der Waals surface area contributed by atoms with Gasteiger partial charge in [-0.05, 0) is 28.8 Å². The lowest BCUT2D eigenvalue weighted by molar-refractivity contribution is 0.199. The van der Waals surface area contributed by atoms with Gasteiger partial charge < -0.3 is 5.32 Å². The predicted molar refractivity (Wildman–Crippen MR) is 101 cm³/mol. The Morgan fingerprint density at radius 2 is 1.54 bits per heavy atom. The molecule has 1 N–H and O–H groups in total. The first kappa shape index (κ1) is 15.4. The molecule has 2 heteroatoms. The Hall–Kier alpha value is -2.16. The van der Waals surface area contributed by atoms with E-state index in [0.29, 0.717) is 6.04 Å². The fourth-order valence-corrected chi connectivity index (χ4v) is 3.77. The summed E-state index contributed by atoms with van der Waals surface area (Å²) in [5.41, 5.74) is 4.12. The summed E-state index contributed by atoms with van der Waals surface area (Å²) in [5, 5.41) is 6.16. The van der Waals surface area contributed by atoms with Gasteiger partial charge in [0.05, 0.1) is 6.04 Å². The van der Waals surface area contributed by atoms with Crippen molar-refractivity contribution in [3.63, 3.8) is 0 Å². The van der Waals surface area contributed by atoms with Gasteiger partial charge in [-0.25, -0.2) is 0 Å². The molecule has 1 atom stereocenters. The van der Waals surface area contributed by atoms with Crippen LogP contribution in [0.25, 0.3) is 10.8 Å². The van der Waals surface area contributed by atoms with E-state index in [9.17, 15) is 0 Å². The molecule has 1 fully saturated rings. The summed E-state index contributed by atoms with van der Waals surface area (Å²) in [7, 11) is 0. The minimum atomic E-state index is 0.318. The molecule has 1 heterocycles. The Bertz CT molecular complexity index is 812. The van der Waals surface area contributed by atoms with Crippen LogP contribution in [-0.4, -0.2) is 31.1 Å². The average molecular weight is 316 g/mol. The molecule has 0 bridgehead atoms. The Morgan fingerprint density at radius 3 is 2.33 bits per heavy atom. The van der Waals surface area contributed by atoms with E-state index in [0.717, 1.165) is 26.2 Å². The Labute approximate surface area is 144 Å². The molecule has 1 aliphatic heterocycles. The second kappa shape index (κ2) is 6.76. The first-order valence-corrected chi connectivity index (χ1v) is 8.82. The van der Waals surface area contributed by atoms with Crippen molar-refractivity contribution in [1.29, 1.82) is 0 Å². The zero-order valence-corrected chi connectivity index (χ0v) is 14.2. The number of fused-ring (bicyclic) bond motifs is 1. The maximum Gasteiger partial charge on any atom is 0.0608 e. The number of aryl methyl sites for hydroxylation is 1. The third-order valence-corrected chi connectivity index (χ3v) is 5.03. The molecule has 1 saturated heterocycles. The number of nitrogens with one attached hydrogen (secondary N) is 1. The minimum absolute atomic E-state index is 0.318. The molecule has 1 aliphatic rings. The molecule has 4 rings (SSSR count). The molecule has 2 nitrogen and oxygen atoms in total. The third-order valence-electron chi connectivity index (χ3n) is 5.03. The smallest absolute Gasteiger partial charge is 0.0608 e. The van der Waals surface area contributed by atoms with Crippen molar-refractivity contribution in [2.45, 2.75) is 13.0 Å². The molecule has 0 radical (unpaired) electrons. The van der Waals surface area contributed by atoms with E-state index in [4.69, 9.17) is 0 Å². The monoisotopic (exact) mass is 316 g/mol. The molecule has 0 saturated carbocycles. The SMILES string of the molecule is Cc1ccc(C(c2cccc3ccccc23)N2CCNCC2)cc1. The van der Waals surface area contributed by atoms with Gasteiger partial charge in [0, 0.05) is 26.2 Å². The first-order chi connectivity index (χ1) is 11.8. The molecule has 3 aromatic carbocycles. The Balaban J connectivity index is 1.86. The van der Waals surface area contributed by atoms with E-state index in [1.165, 1.54) is 27.5 Å². The van der Waals surface area contributed by atoms with Crippen LogP contribution in [0.4, 0.5) is 0 Å². The second-order valence-electron chi connectivity index (χ2n) is 6.67. The highest BCUT2D eigenvalue weighted by Crippen LogP contribution is 2.33. The fraction of sp³-hybridized carbons (Fsp3) is 0.273. The molecule has 3 aromatic rings. The lowest BCUT2D eigenvalue weighted by Crippen LogP contribution is -2.45. The van der Waals surface area contributed by atoms with Crippen molar-refractivity contribution >= 4 is 10.8 Å². The van der Waals surface area contributed by atoms with Crippen LogP contribution < -0.4 is 5.32 Å². The highest BCUT2D eigenvalue weighted by atomic mass is 15.2. The summed E-state index contributed by atoms with van der Waals surface area (Å²) in [6, 6.07) is 24.8. The summed E-state index contributed by atoms with van der Waals surface area (Å²) in [6.45, 7) is 6.45. The van der Waals surface area contributed by atoms with Crippen molar-refractivity contribution in [2.75, 3.05) is 26.2 Å². The van der Waals surface area contributed by atoms with Crippen LogP contribution in [0.1, 0.15) is 22.7 Å². The van der Waals surface area contributed by atoms with Crippen LogP contribution in [0.5, 0.6) is 0 Å². The highest BCUT2D eigenvalue weighted by molar-refractivity contribution is 5.86. The highest BCUT2D eigenvalue weighted by Gasteiger charge is 2.25. The van der Waals surface area contributed by atoms with Crippen molar-refractivity contribution in [3.05, 3.63) is 83.4 Å². The number of benzene rings is 3. The van der Waals surface area contributed by atoms with Crippen LogP contribution >= 0.6 is 0 Å². The van der Waals surface area contributed by atoms with Gasteiger partial charge in [0.1, 0.15) is 0 Å². The summed E-state index contributed by atoms with van der Waals surface area (Å²) in [4.78, 5) is 2.61. The van der Waals surface area contributed by atoms with Gasteiger partial charge in [-0.15, -0.1) is 0 Å². The van der Waals surface area contributed by atoms with Gasteiger partial charge in [0.2, 0.25) is 0 Å². The number of piperazine rings is 1. The summed E-state index contributed by atoms with van der Waals surface area (Å²) in [5.74, 6) is 0. The molecular formula is C22H24N2. The standard InChI is InChI=1S/C22H24N2/c1-17-9-11-19(12-10-17)22(24-15-13-23-14-16-24)21-8-4-6-18-5-2-3-7-20(18)21/h2-12,22-23H,13-16H2,1H3. The molecule has 0 aliphatic carbocycles. The third kappa shape index (κ3) is 2.95. The molecule has 0 amide bonds. The van der Waals surface area contributed by atoms with E-state index >= 15 is 0 Å². The molecule has 0 aromatic heterocycles. The zero-order chi connectivity index (χ0) is 16.4. The van der Waals surface area contributed by atoms with Crippen molar-refractivity contribution in [1.82, 2.24) is 10.2 Å². The van der Waals surface area contributed by atoms with Gasteiger partial charge in [-0.2, -0.15) is 0 Å². The van der Waals surface area contributed by atoms with Gasteiger partial charge in [-0.1, -0.05) is 72.3 Å². The lowest BCUT2D eigenvalue weighted by atomic mass is 9.91. The van der Waals surface area contributed by atoms with Crippen LogP contribution in [0, 0.1) is 6.92 Å². The Kier molecular flexibility index (Phi) is 4.33. The number of hydrogen-bond donors (Lipinski definition) is 1. The van der Waals surface area contributed by atoms with E-state index < -0.39 is 0 Å². The summed E-state index contributed by atoms with van der Waals surface area (Å²) >= 11 is 0. The maximum absolute atomic E-state index is 3.48. The van der Waals surface area contributed by atoms with E-state index in [2.05, 4.69) is 83.9 Å². The van der Waals surface area contributed by atoms with Crippen LogP contribution in [0.15, 0.2) is 66.7 Å². The van der Waals surface area contributed by atoms with Crippen molar-refractivity contribution in [3.8, 4) is 0 Å². The Morgan fingerprint density at radius 1 is 0.833 bits per heavy atom. The van der Waals surface area contributed by atoms with Gasteiger partial charge >= 0.3 is 0 Å². The molecule has 1 unspecified atom stereocenters. The van der Waals surface area contributed by atoms with Crippen molar-refractivity contribution in [2.24, 2.45) is 0 Å². The average Bonchev–Trinajstić information content (AvgIpc) is 2.65. The van der Waals surface area contributed by atoms with Gasteiger partial charge in [0.15, 0.2) is 0 Å². The van der Waals surface area contributed by atoms with Gasteiger partial charge in [-0.3, -0.25) is 4.90 Å². The number of rotatable bonds is 3. The van der Waals surface area contributed by atoms with E-state index in [-0.39, 0.29) is 0 Å². The molecule has 24 heavy (non-hydrogen) atoms. The van der Waals surface area contributed by atoms with Crippen LogP contribution in [-0.2, 0) is 0 Å². The first-order valence-electron chi connectivity index (χ1n) is 8.82. The second-order valence-corrected chi connectivity index (χ2v) is 6.67. The quantitative estimate of drug-likeness (QED) is 0.781. The number of hydrogen-bond acceptors (Lipinski definition) is 2. The van der Waals surface area contributed by atoms with Crippen molar-refractivity contribution < 1.29 is 0 Å². The molecule has 0 spiro atoms. The zero-order valence-electron chi connectivity index (χ0n) is 14.2. The normalized spacial score (nSPS) is 17.0. The minimum Gasteiger partial charge on any atom is -0.314 e.